The summed E-state index contributed by atoms with van der Waals surface area (Å²) in [6.45, 7) is 1.73. The predicted molar refractivity (Wildman–Crippen MR) is 71.9 cm³/mol. The second-order valence-corrected chi connectivity index (χ2v) is 5.03. The van der Waals surface area contributed by atoms with E-state index in [4.69, 9.17) is 16.3 Å². The van der Waals surface area contributed by atoms with Crippen molar-refractivity contribution < 1.29 is 14.3 Å². The molecule has 1 aliphatic carbocycles. The minimum Gasteiger partial charge on any atom is -0.457 e. The number of nitrogens with one attached hydrogen (secondary N) is 1. The van der Waals surface area contributed by atoms with E-state index in [0.717, 1.165) is 18.4 Å². The Bertz CT molecular complexity index is 501. The molecule has 0 aromatic heterocycles. The van der Waals surface area contributed by atoms with Crippen molar-refractivity contribution in [3.63, 3.8) is 0 Å². The molecule has 0 bridgehead atoms. The van der Waals surface area contributed by atoms with E-state index in [2.05, 4.69) is 5.32 Å². The zero-order chi connectivity index (χ0) is 13.8. The average molecular weight is 282 g/mol. The van der Waals surface area contributed by atoms with Gasteiger partial charge >= 0.3 is 5.97 Å². The van der Waals surface area contributed by atoms with E-state index in [0.29, 0.717) is 11.6 Å². The van der Waals surface area contributed by atoms with Crippen LogP contribution in [0.25, 0.3) is 0 Å². The number of benzene rings is 1. The number of esters is 1. The summed E-state index contributed by atoms with van der Waals surface area (Å²) in [5.41, 5.74) is 2.18. The molecule has 0 radical (unpaired) electrons. The molecule has 1 aromatic carbocycles. The summed E-state index contributed by atoms with van der Waals surface area (Å²) in [6, 6.07) is 5.68. The SMILES string of the molecule is CC(=O)NCCC(=O)OC1CCc2ccc(Cl)cc21. The number of hydrogen-bond donors (Lipinski definition) is 1. The fourth-order valence-electron chi connectivity index (χ4n) is 2.22. The Morgan fingerprint density at radius 1 is 1.47 bits per heavy atom. The Labute approximate surface area is 117 Å². The van der Waals surface area contributed by atoms with Crippen molar-refractivity contribution >= 4 is 23.5 Å². The number of aryl methyl sites for hydroxylation is 1. The molecule has 0 saturated heterocycles. The molecule has 0 heterocycles. The van der Waals surface area contributed by atoms with Crippen molar-refractivity contribution in [2.45, 2.75) is 32.3 Å². The molecule has 0 saturated carbocycles. The van der Waals surface area contributed by atoms with Crippen molar-refractivity contribution in [1.82, 2.24) is 5.32 Å². The zero-order valence-corrected chi connectivity index (χ0v) is 11.5. The van der Waals surface area contributed by atoms with Crippen molar-refractivity contribution in [3.05, 3.63) is 34.3 Å². The molecule has 1 N–H and O–H groups in total. The number of carbonyl (C=O) groups is 2. The minimum absolute atomic E-state index is 0.147. The van der Waals surface area contributed by atoms with E-state index >= 15 is 0 Å². The van der Waals surface area contributed by atoms with Crippen LogP contribution < -0.4 is 5.32 Å². The van der Waals surface area contributed by atoms with E-state index in [1.54, 1.807) is 0 Å². The van der Waals surface area contributed by atoms with Gasteiger partial charge in [-0.05, 0) is 36.1 Å². The van der Waals surface area contributed by atoms with Gasteiger partial charge in [-0.25, -0.2) is 0 Å². The van der Waals surface area contributed by atoms with E-state index < -0.39 is 0 Å². The average Bonchev–Trinajstić information content (AvgIpc) is 2.71. The van der Waals surface area contributed by atoms with Gasteiger partial charge < -0.3 is 10.1 Å². The normalized spacial score (nSPS) is 16.8. The van der Waals surface area contributed by atoms with Crippen LogP contribution in [0, 0.1) is 0 Å². The van der Waals surface area contributed by atoms with Crippen molar-refractivity contribution in [2.75, 3.05) is 6.54 Å². The molecule has 0 aliphatic heterocycles. The Balaban J connectivity index is 1.90. The lowest BCUT2D eigenvalue weighted by Crippen LogP contribution is -2.24. The second kappa shape index (κ2) is 6.06. The molecule has 2 rings (SSSR count). The van der Waals surface area contributed by atoms with Crippen LogP contribution in [0.5, 0.6) is 0 Å². The first-order chi connectivity index (χ1) is 9.06. The van der Waals surface area contributed by atoms with Gasteiger partial charge in [0.15, 0.2) is 0 Å². The highest BCUT2D eigenvalue weighted by molar-refractivity contribution is 6.30. The molecular weight excluding hydrogens is 266 g/mol. The van der Waals surface area contributed by atoms with Crippen LogP contribution in [0.2, 0.25) is 5.02 Å². The topological polar surface area (TPSA) is 55.4 Å². The largest absolute Gasteiger partial charge is 0.457 e. The molecule has 102 valence electrons. The molecule has 1 unspecified atom stereocenters. The lowest BCUT2D eigenvalue weighted by molar-refractivity contribution is -0.149. The quantitative estimate of drug-likeness (QED) is 0.862. The third-order valence-electron chi connectivity index (χ3n) is 3.11. The van der Waals surface area contributed by atoms with Gasteiger partial charge in [-0.3, -0.25) is 9.59 Å². The lowest BCUT2D eigenvalue weighted by atomic mass is 10.1. The first-order valence-electron chi connectivity index (χ1n) is 6.28. The Morgan fingerprint density at radius 2 is 2.26 bits per heavy atom. The van der Waals surface area contributed by atoms with E-state index in [1.165, 1.54) is 12.5 Å². The standard InChI is InChI=1S/C14H16ClNO3/c1-9(17)16-7-6-14(18)19-13-5-3-10-2-4-11(15)8-12(10)13/h2,4,8,13H,3,5-7H2,1H3,(H,16,17). The summed E-state index contributed by atoms with van der Waals surface area (Å²) in [5, 5.41) is 3.22. The van der Waals surface area contributed by atoms with Gasteiger partial charge in [0.2, 0.25) is 5.91 Å². The maximum atomic E-state index is 11.7. The molecule has 1 atom stereocenters. The highest BCUT2D eigenvalue weighted by atomic mass is 35.5. The third kappa shape index (κ3) is 3.70. The molecule has 5 heteroatoms. The first kappa shape index (κ1) is 13.9. The van der Waals surface area contributed by atoms with Crippen molar-refractivity contribution in [3.8, 4) is 0 Å². The zero-order valence-electron chi connectivity index (χ0n) is 10.7. The van der Waals surface area contributed by atoms with Crippen LogP contribution in [-0.4, -0.2) is 18.4 Å². The number of amides is 1. The number of carbonyl (C=O) groups excluding carboxylic acids is 2. The van der Waals surface area contributed by atoms with Crippen LogP contribution in [0.4, 0.5) is 0 Å². The summed E-state index contributed by atoms with van der Waals surface area (Å²) in [5.74, 6) is -0.447. The summed E-state index contributed by atoms with van der Waals surface area (Å²) in [4.78, 5) is 22.4. The fourth-order valence-corrected chi connectivity index (χ4v) is 2.40. The van der Waals surface area contributed by atoms with Gasteiger partial charge in [-0.2, -0.15) is 0 Å². The Hall–Kier alpha value is -1.55. The van der Waals surface area contributed by atoms with Gasteiger partial charge in [0.05, 0.1) is 6.42 Å². The Morgan fingerprint density at radius 3 is 3.00 bits per heavy atom. The second-order valence-electron chi connectivity index (χ2n) is 4.59. The smallest absolute Gasteiger partial charge is 0.308 e. The highest BCUT2D eigenvalue weighted by Crippen LogP contribution is 2.35. The van der Waals surface area contributed by atoms with E-state index in [-0.39, 0.29) is 24.4 Å². The number of fused-ring (bicyclic) bond motifs is 1. The molecule has 0 fully saturated rings. The van der Waals surface area contributed by atoms with Crippen LogP contribution in [-0.2, 0) is 20.7 Å². The van der Waals surface area contributed by atoms with Crippen LogP contribution >= 0.6 is 11.6 Å². The van der Waals surface area contributed by atoms with E-state index in [1.807, 2.05) is 18.2 Å². The van der Waals surface area contributed by atoms with Gasteiger partial charge in [-0.1, -0.05) is 17.7 Å². The molecule has 1 aliphatic rings. The van der Waals surface area contributed by atoms with Crippen molar-refractivity contribution in [1.29, 1.82) is 0 Å². The third-order valence-corrected chi connectivity index (χ3v) is 3.34. The van der Waals surface area contributed by atoms with Crippen molar-refractivity contribution in [2.24, 2.45) is 0 Å². The van der Waals surface area contributed by atoms with Gasteiger partial charge in [0, 0.05) is 18.5 Å². The highest BCUT2D eigenvalue weighted by Gasteiger charge is 2.25. The van der Waals surface area contributed by atoms with Crippen LogP contribution in [0.3, 0.4) is 0 Å². The van der Waals surface area contributed by atoms with E-state index in [9.17, 15) is 9.59 Å². The maximum Gasteiger partial charge on any atom is 0.308 e. The molecular formula is C14H16ClNO3. The van der Waals surface area contributed by atoms with Crippen LogP contribution in [0.15, 0.2) is 18.2 Å². The maximum absolute atomic E-state index is 11.7. The number of hydrogen-bond acceptors (Lipinski definition) is 3. The monoisotopic (exact) mass is 281 g/mol. The summed E-state index contributed by atoms with van der Waals surface area (Å²) in [6.07, 6.45) is 1.67. The summed E-state index contributed by atoms with van der Waals surface area (Å²) in [7, 11) is 0. The molecule has 1 aromatic rings. The molecule has 1 amide bonds. The number of ether oxygens (including phenoxy) is 1. The minimum atomic E-state index is -0.299. The van der Waals surface area contributed by atoms with Gasteiger partial charge in [0.25, 0.3) is 0 Å². The van der Waals surface area contributed by atoms with Crippen LogP contribution in [0.1, 0.15) is 37.0 Å². The van der Waals surface area contributed by atoms with Gasteiger partial charge in [0.1, 0.15) is 6.10 Å². The summed E-state index contributed by atoms with van der Waals surface area (Å²) < 4.78 is 5.43. The first-order valence-corrected chi connectivity index (χ1v) is 6.66. The molecule has 0 spiro atoms. The number of rotatable bonds is 4. The predicted octanol–water partition coefficient (Wildman–Crippen LogP) is 2.40. The number of halogens is 1. The lowest BCUT2D eigenvalue weighted by Gasteiger charge is -2.13. The molecule has 19 heavy (non-hydrogen) atoms. The Kier molecular flexibility index (Phi) is 4.43. The summed E-state index contributed by atoms with van der Waals surface area (Å²) >= 11 is 5.96. The fraction of sp³-hybridized carbons (Fsp3) is 0.429. The molecule has 4 nitrogen and oxygen atoms in total. The van der Waals surface area contributed by atoms with Gasteiger partial charge in [-0.15, -0.1) is 0 Å².